The third-order valence-corrected chi connectivity index (χ3v) is 2.71. The quantitative estimate of drug-likeness (QED) is 0.723. The van der Waals surface area contributed by atoms with Gasteiger partial charge in [0.2, 0.25) is 0 Å². The summed E-state index contributed by atoms with van der Waals surface area (Å²) in [5, 5.41) is 0. The van der Waals surface area contributed by atoms with E-state index in [0.29, 0.717) is 0 Å². The number of nitrogens with one attached hydrogen (secondary N) is 1. The van der Waals surface area contributed by atoms with E-state index >= 15 is 0 Å². The molecule has 80 valence electrons. The van der Waals surface area contributed by atoms with Gasteiger partial charge >= 0.3 is 5.76 Å². The van der Waals surface area contributed by atoms with E-state index in [1.807, 2.05) is 0 Å². The van der Waals surface area contributed by atoms with Crippen molar-refractivity contribution in [2.24, 2.45) is 0 Å². The minimum absolute atomic E-state index is 0.124. The third kappa shape index (κ3) is 5.50. The summed E-state index contributed by atoms with van der Waals surface area (Å²) in [7, 11) is -3.05. The van der Waals surface area contributed by atoms with Gasteiger partial charge in [-0.15, -0.1) is 0 Å². The van der Waals surface area contributed by atoms with E-state index in [4.69, 9.17) is 0 Å². The minimum Gasteiger partial charge on any atom is -0.383 e. The topological polar surface area (TPSA) is 55.4 Å². The smallest absolute Gasteiger partial charge is 0.350 e. The highest BCUT2D eigenvalue weighted by atomic mass is 79.9. The fourth-order valence-electron chi connectivity index (χ4n) is 0.509. The molecule has 0 aliphatic rings. The van der Waals surface area contributed by atoms with Gasteiger partial charge in [-0.3, -0.25) is 0 Å². The van der Waals surface area contributed by atoms with Crippen LogP contribution in [0.15, 0.2) is 0 Å². The van der Waals surface area contributed by atoms with E-state index in [-0.39, 0.29) is 18.0 Å². The Labute approximate surface area is 83.8 Å². The largest absolute Gasteiger partial charge is 0.383 e. The molecule has 0 aromatic heterocycles. The van der Waals surface area contributed by atoms with Gasteiger partial charge in [-0.2, -0.15) is 8.78 Å². The Morgan fingerprint density at radius 1 is 1.54 bits per heavy atom. The van der Waals surface area contributed by atoms with Crippen molar-refractivity contribution in [3.63, 3.8) is 0 Å². The van der Waals surface area contributed by atoms with Crippen LogP contribution in [-0.2, 0) is 14.8 Å². The molecule has 0 rings (SSSR count). The van der Waals surface area contributed by atoms with E-state index in [9.17, 15) is 17.2 Å². The first-order valence-corrected chi connectivity index (χ1v) is 5.76. The van der Waals surface area contributed by atoms with Gasteiger partial charge < -0.3 is 4.74 Å². The van der Waals surface area contributed by atoms with Gasteiger partial charge in [-0.05, 0) is 0 Å². The van der Waals surface area contributed by atoms with Crippen LogP contribution in [0.1, 0.15) is 0 Å². The van der Waals surface area contributed by atoms with Gasteiger partial charge in [0, 0.05) is 13.7 Å². The molecule has 0 radical (unpaired) electrons. The van der Waals surface area contributed by atoms with E-state index in [0.717, 1.165) is 0 Å². The Morgan fingerprint density at radius 3 is 2.46 bits per heavy atom. The number of sulfonamides is 1. The van der Waals surface area contributed by atoms with Crippen molar-refractivity contribution >= 4 is 26.0 Å². The summed E-state index contributed by atoms with van der Waals surface area (Å²) in [6, 6.07) is 0. The van der Waals surface area contributed by atoms with Gasteiger partial charge in [0.05, 0.1) is 11.4 Å². The maximum absolute atomic E-state index is 11.8. The monoisotopic (exact) mass is 281 g/mol. The zero-order chi connectivity index (χ0) is 10.5. The lowest BCUT2D eigenvalue weighted by Gasteiger charge is -2.09. The molecular weight excluding hydrogens is 272 g/mol. The molecule has 0 fully saturated rings. The molecule has 0 aromatic carbocycles. The van der Waals surface area contributed by atoms with Gasteiger partial charge in [0.1, 0.15) is 0 Å². The maximum Gasteiger partial charge on any atom is 0.350 e. The summed E-state index contributed by atoms with van der Waals surface area (Å²) in [5.41, 5.74) is 0. The number of alkyl halides is 3. The molecule has 0 aliphatic carbocycles. The zero-order valence-corrected chi connectivity index (χ0v) is 9.24. The van der Waals surface area contributed by atoms with Crippen molar-refractivity contribution in [2.75, 3.05) is 20.3 Å². The van der Waals surface area contributed by atoms with Crippen molar-refractivity contribution in [3.8, 4) is 0 Å². The van der Waals surface area contributed by atoms with Crippen LogP contribution in [0.25, 0.3) is 0 Å². The number of rotatable bonds is 6. The summed E-state index contributed by atoms with van der Waals surface area (Å²) in [6.45, 7) is 0.117. The molecule has 0 heterocycles. The van der Waals surface area contributed by atoms with Crippen LogP contribution in [0.2, 0.25) is 0 Å². The van der Waals surface area contributed by atoms with Crippen LogP contribution < -0.4 is 4.72 Å². The van der Waals surface area contributed by atoms with Crippen molar-refractivity contribution in [1.82, 2.24) is 4.72 Å². The number of halogens is 3. The molecule has 0 saturated heterocycles. The van der Waals surface area contributed by atoms with Gasteiger partial charge in [0.15, 0.2) is 0 Å². The molecule has 0 aromatic rings. The minimum atomic E-state index is -4.48. The second-order valence-corrected chi connectivity index (χ2v) is 5.24. The summed E-state index contributed by atoms with van der Waals surface area (Å²) < 4.78 is 50.9. The Kier molecular flexibility index (Phi) is 5.93. The molecular formula is C5H10BrF2NO3S. The highest BCUT2D eigenvalue weighted by Crippen LogP contribution is 2.04. The molecule has 0 spiro atoms. The fraction of sp³-hybridized carbons (Fsp3) is 1.00. The summed E-state index contributed by atoms with van der Waals surface area (Å²) in [4.78, 5) is -0.314. The highest BCUT2D eigenvalue weighted by molar-refractivity contribution is 9.09. The van der Waals surface area contributed by atoms with Crippen LogP contribution in [0.5, 0.6) is 0 Å². The van der Waals surface area contributed by atoms with E-state index in [1.54, 1.807) is 4.72 Å². The second kappa shape index (κ2) is 5.84. The third-order valence-electron chi connectivity index (χ3n) is 1.09. The Bertz CT molecular complexity index is 234. The average molecular weight is 282 g/mol. The van der Waals surface area contributed by atoms with Crippen LogP contribution >= 0.6 is 15.9 Å². The van der Waals surface area contributed by atoms with Gasteiger partial charge in [-0.25, -0.2) is 13.1 Å². The summed E-state index contributed by atoms with van der Waals surface area (Å²) in [5.74, 6) is -3.39. The molecule has 1 N–H and O–H groups in total. The first-order chi connectivity index (χ1) is 5.90. The number of ether oxygens (including phenoxy) is 1. The van der Waals surface area contributed by atoms with E-state index in [2.05, 4.69) is 20.7 Å². The van der Waals surface area contributed by atoms with Crippen molar-refractivity contribution in [3.05, 3.63) is 0 Å². The standard InChI is InChI=1S/C5H10BrF2NO3S/c1-12-3-4(6)2-9-13(10,11)5(7)8/h4-5,9H,2-3H2,1H3. The molecule has 0 bridgehead atoms. The molecule has 1 unspecified atom stereocenters. The molecule has 13 heavy (non-hydrogen) atoms. The van der Waals surface area contributed by atoms with Crippen molar-refractivity contribution in [2.45, 2.75) is 10.6 Å². The summed E-state index contributed by atoms with van der Waals surface area (Å²) in [6.07, 6.45) is 0. The van der Waals surface area contributed by atoms with Crippen LogP contribution in [0.3, 0.4) is 0 Å². The lowest BCUT2D eigenvalue weighted by molar-refractivity contribution is 0.200. The lowest BCUT2D eigenvalue weighted by atomic mass is 10.5. The maximum atomic E-state index is 11.8. The zero-order valence-electron chi connectivity index (χ0n) is 6.84. The Morgan fingerprint density at radius 2 is 2.08 bits per heavy atom. The second-order valence-electron chi connectivity index (χ2n) is 2.21. The first kappa shape index (κ1) is 13.2. The molecule has 8 heteroatoms. The molecule has 0 amide bonds. The van der Waals surface area contributed by atoms with E-state index in [1.165, 1.54) is 7.11 Å². The lowest BCUT2D eigenvalue weighted by Crippen LogP contribution is -2.35. The van der Waals surface area contributed by atoms with Crippen LogP contribution in [0, 0.1) is 0 Å². The predicted molar refractivity (Wildman–Crippen MR) is 47.5 cm³/mol. The first-order valence-electron chi connectivity index (χ1n) is 3.29. The number of hydrogen-bond acceptors (Lipinski definition) is 3. The predicted octanol–water partition coefficient (Wildman–Crippen LogP) is 0.538. The number of hydrogen-bond donors (Lipinski definition) is 1. The Hall–Kier alpha value is 0.210. The van der Waals surface area contributed by atoms with Gasteiger partial charge in [-0.1, -0.05) is 15.9 Å². The summed E-state index contributed by atoms with van der Waals surface area (Å²) >= 11 is 3.04. The van der Waals surface area contributed by atoms with Gasteiger partial charge in [0.25, 0.3) is 10.0 Å². The highest BCUT2D eigenvalue weighted by Gasteiger charge is 2.23. The van der Waals surface area contributed by atoms with Crippen molar-refractivity contribution in [1.29, 1.82) is 0 Å². The fourth-order valence-corrected chi connectivity index (χ4v) is 1.71. The van der Waals surface area contributed by atoms with Crippen LogP contribution in [-0.4, -0.2) is 39.3 Å². The van der Waals surface area contributed by atoms with Crippen LogP contribution in [0.4, 0.5) is 8.78 Å². The Balaban J connectivity index is 3.89. The number of methoxy groups -OCH3 is 1. The molecule has 0 aliphatic heterocycles. The molecule has 1 atom stereocenters. The SMILES string of the molecule is COCC(Br)CNS(=O)(=O)C(F)F. The molecule has 0 saturated carbocycles. The van der Waals surface area contributed by atoms with E-state index < -0.39 is 15.8 Å². The average Bonchev–Trinajstić information content (AvgIpc) is 2.01. The molecule has 4 nitrogen and oxygen atoms in total. The normalized spacial score (nSPS) is 14.8. The van der Waals surface area contributed by atoms with Crippen molar-refractivity contribution < 1.29 is 21.9 Å².